The standard InChI is InChI=1S/C16H20N4O/c1-2-5-14-10-12(11-15(17)20-14)16(21)19-9-7-13-6-3-4-8-18-13/h3-4,6,8,10-11H,2,5,7,9H2,1H3,(H2,17,20)(H,19,21). The summed E-state index contributed by atoms with van der Waals surface area (Å²) in [6, 6.07) is 9.16. The van der Waals surface area contributed by atoms with Crippen LogP contribution in [0.1, 0.15) is 35.1 Å². The molecule has 2 aromatic rings. The van der Waals surface area contributed by atoms with Crippen molar-refractivity contribution in [1.82, 2.24) is 15.3 Å². The first-order valence-corrected chi connectivity index (χ1v) is 7.13. The van der Waals surface area contributed by atoms with Crippen LogP contribution >= 0.6 is 0 Å². The fourth-order valence-electron chi connectivity index (χ4n) is 2.08. The molecule has 0 saturated heterocycles. The summed E-state index contributed by atoms with van der Waals surface area (Å²) in [4.78, 5) is 20.6. The molecule has 21 heavy (non-hydrogen) atoms. The minimum absolute atomic E-state index is 0.127. The molecule has 1 amide bonds. The second-order valence-corrected chi connectivity index (χ2v) is 4.85. The monoisotopic (exact) mass is 284 g/mol. The molecule has 0 spiro atoms. The molecule has 0 bridgehead atoms. The third kappa shape index (κ3) is 4.56. The number of hydrogen-bond donors (Lipinski definition) is 2. The Morgan fingerprint density at radius 3 is 2.81 bits per heavy atom. The van der Waals surface area contributed by atoms with Gasteiger partial charge in [-0.2, -0.15) is 0 Å². The summed E-state index contributed by atoms with van der Waals surface area (Å²) in [5.41, 5.74) is 8.12. The number of amides is 1. The van der Waals surface area contributed by atoms with Gasteiger partial charge in [0.05, 0.1) is 0 Å². The quantitative estimate of drug-likeness (QED) is 0.850. The SMILES string of the molecule is CCCc1cc(C(=O)NCCc2ccccn2)cc(N)n1. The largest absolute Gasteiger partial charge is 0.384 e. The number of aromatic nitrogens is 2. The Balaban J connectivity index is 1.94. The van der Waals surface area contributed by atoms with E-state index in [0.717, 1.165) is 24.2 Å². The molecule has 2 rings (SSSR count). The van der Waals surface area contributed by atoms with Crippen LogP contribution in [-0.4, -0.2) is 22.4 Å². The maximum Gasteiger partial charge on any atom is 0.251 e. The van der Waals surface area contributed by atoms with Crippen LogP contribution in [-0.2, 0) is 12.8 Å². The maximum absolute atomic E-state index is 12.1. The van der Waals surface area contributed by atoms with Crippen molar-refractivity contribution in [2.75, 3.05) is 12.3 Å². The lowest BCUT2D eigenvalue weighted by Gasteiger charge is -2.07. The van der Waals surface area contributed by atoms with E-state index in [4.69, 9.17) is 5.73 Å². The van der Waals surface area contributed by atoms with E-state index in [1.54, 1.807) is 18.3 Å². The fourth-order valence-corrected chi connectivity index (χ4v) is 2.08. The molecule has 2 aromatic heterocycles. The van der Waals surface area contributed by atoms with Gasteiger partial charge in [0, 0.05) is 36.1 Å². The van der Waals surface area contributed by atoms with Crippen LogP contribution in [0.5, 0.6) is 0 Å². The Hall–Kier alpha value is -2.43. The zero-order valence-electron chi connectivity index (χ0n) is 12.2. The Labute approximate surface area is 124 Å². The summed E-state index contributed by atoms with van der Waals surface area (Å²) < 4.78 is 0. The van der Waals surface area contributed by atoms with Crippen LogP contribution in [0.3, 0.4) is 0 Å². The average Bonchev–Trinajstić information content (AvgIpc) is 2.48. The molecule has 3 N–H and O–H groups in total. The molecule has 0 unspecified atom stereocenters. The highest BCUT2D eigenvalue weighted by molar-refractivity contribution is 5.94. The zero-order valence-corrected chi connectivity index (χ0v) is 12.2. The molecule has 0 saturated carbocycles. The molecule has 0 atom stereocenters. The van der Waals surface area contributed by atoms with Crippen LogP contribution in [0.15, 0.2) is 36.5 Å². The highest BCUT2D eigenvalue weighted by Crippen LogP contribution is 2.09. The van der Waals surface area contributed by atoms with Crippen LogP contribution in [0.4, 0.5) is 5.82 Å². The lowest BCUT2D eigenvalue weighted by atomic mass is 10.1. The molecule has 0 aliphatic carbocycles. The van der Waals surface area contributed by atoms with Gasteiger partial charge >= 0.3 is 0 Å². The Bertz CT molecular complexity index is 598. The van der Waals surface area contributed by atoms with Crippen molar-refractivity contribution in [2.45, 2.75) is 26.2 Å². The lowest BCUT2D eigenvalue weighted by molar-refractivity contribution is 0.0954. The summed E-state index contributed by atoms with van der Waals surface area (Å²) in [5, 5.41) is 2.88. The molecule has 5 heteroatoms. The summed E-state index contributed by atoms with van der Waals surface area (Å²) >= 11 is 0. The van der Waals surface area contributed by atoms with Crippen molar-refractivity contribution in [3.05, 3.63) is 53.5 Å². The summed E-state index contributed by atoms with van der Waals surface area (Å²) in [6.45, 7) is 2.61. The molecular weight excluding hydrogens is 264 g/mol. The predicted molar refractivity (Wildman–Crippen MR) is 82.9 cm³/mol. The molecule has 0 radical (unpaired) electrons. The second-order valence-electron chi connectivity index (χ2n) is 4.85. The number of hydrogen-bond acceptors (Lipinski definition) is 4. The molecular formula is C16H20N4O. The summed E-state index contributed by atoms with van der Waals surface area (Å²) in [5.74, 6) is 0.258. The van der Waals surface area contributed by atoms with Crippen molar-refractivity contribution >= 4 is 11.7 Å². The minimum Gasteiger partial charge on any atom is -0.384 e. The number of anilines is 1. The van der Waals surface area contributed by atoms with E-state index in [-0.39, 0.29) is 5.91 Å². The van der Waals surface area contributed by atoms with Crippen molar-refractivity contribution in [3.63, 3.8) is 0 Å². The number of nitrogens with one attached hydrogen (secondary N) is 1. The maximum atomic E-state index is 12.1. The van der Waals surface area contributed by atoms with Crippen LogP contribution in [0.2, 0.25) is 0 Å². The summed E-state index contributed by atoms with van der Waals surface area (Å²) in [7, 11) is 0. The number of nitrogen functional groups attached to an aromatic ring is 1. The van der Waals surface area contributed by atoms with Gasteiger partial charge in [-0.05, 0) is 30.7 Å². The smallest absolute Gasteiger partial charge is 0.251 e. The molecule has 0 fully saturated rings. The van der Waals surface area contributed by atoms with Gasteiger partial charge in [-0.15, -0.1) is 0 Å². The molecule has 5 nitrogen and oxygen atoms in total. The first-order chi connectivity index (χ1) is 10.2. The normalized spacial score (nSPS) is 10.3. The lowest BCUT2D eigenvalue weighted by Crippen LogP contribution is -2.26. The van der Waals surface area contributed by atoms with Gasteiger partial charge in [0.25, 0.3) is 5.91 Å². The first-order valence-electron chi connectivity index (χ1n) is 7.13. The molecule has 0 aromatic carbocycles. The van der Waals surface area contributed by atoms with Crippen molar-refractivity contribution < 1.29 is 4.79 Å². The van der Waals surface area contributed by atoms with Crippen molar-refractivity contribution in [2.24, 2.45) is 0 Å². The topological polar surface area (TPSA) is 80.9 Å². The Morgan fingerprint density at radius 1 is 1.24 bits per heavy atom. The molecule has 2 heterocycles. The first kappa shape index (κ1) is 15.0. The predicted octanol–water partition coefficient (Wildman–Crippen LogP) is 1.98. The molecule has 110 valence electrons. The average molecular weight is 284 g/mol. The third-order valence-electron chi connectivity index (χ3n) is 3.06. The van der Waals surface area contributed by atoms with Gasteiger partial charge in [0.15, 0.2) is 0 Å². The van der Waals surface area contributed by atoms with E-state index in [0.29, 0.717) is 24.3 Å². The van der Waals surface area contributed by atoms with Gasteiger partial charge in [-0.3, -0.25) is 9.78 Å². The van der Waals surface area contributed by atoms with Crippen LogP contribution in [0, 0.1) is 0 Å². The minimum atomic E-state index is -0.127. The third-order valence-corrected chi connectivity index (χ3v) is 3.06. The van der Waals surface area contributed by atoms with Crippen molar-refractivity contribution in [3.8, 4) is 0 Å². The van der Waals surface area contributed by atoms with Gasteiger partial charge in [-0.1, -0.05) is 19.4 Å². The van der Waals surface area contributed by atoms with Crippen LogP contribution < -0.4 is 11.1 Å². The van der Waals surface area contributed by atoms with E-state index >= 15 is 0 Å². The number of carbonyl (C=O) groups excluding carboxylic acids is 1. The van der Waals surface area contributed by atoms with E-state index in [1.165, 1.54) is 0 Å². The van der Waals surface area contributed by atoms with E-state index in [9.17, 15) is 4.79 Å². The van der Waals surface area contributed by atoms with Gasteiger partial charge in [0.2, 0.25) is 0 Å². The molecule has 0 aliphatic heterocycles. The zero-order chi connectivity index (χ0) is 15.1. The Kier molecular flexibility index (Phi) is 5.26. The van der Waals surface area contributed by atoms with E-state index < -0.39 is 0 Å². The van der Waals surface area contributed by atoms with Crippen molar-refractivity contribution in [1.29, 1.82) is 0 Å². The number of nitrogens with zero attached hydrogens (tertiary/aromatic N) is 2. The second kappa shape index (κ2) is 7.38. The fraction of sp³-hybridized carbons (Fsp3) is 0.312. The van der Waals surface area contributed by atoms with Crippen LogP contribution in [0.25, 0.3) is 0 Å². The van der Waals surface area contributed by atoms with E-state index in [1.807, 2.05) is 18.2 Å². The Morgan fingerprint density at radius 2 is 2.10 bits per heavy atom. The number of pyridine rings is 2. The van der Waals surface area contributed by atoms with Gasteiger partial charge in [0.1, 0.15) is 5.82 Å². The van der Waals surface area contributed by atoms with E-state index in [2.05, 4.69) is 22.2 Å². The number of aryl methyl sites for hydroxylation is 1. The van der Waals surface area contributed by atoms with Gasteiger partial charge in [-0.25, -0.2) is 4.98 Å². The number of carbonyl (C=O) groups is 1. The number of nitrogens with two attached hydrogens (primary N) is 1. The van der Waals surface area contributed by atoms with Gasteiger partial charge < -0.3 is 11.1 Å². The molecule has 0 aliphatic rings. The highest BCUT2D eigenvalue weighted by atomic mass is 16.1. The summed E-state index contributed by atoms with van der Waals surface area (Å²) in [6.07, 6.45) is 4.24. The highest BCUT2D eigenvalue weighted by Gasteiger charge is 2.08. The number of rotatable bonds is 6.